The Balaban J connectivity index is 1.90. The Morgan fingerprint density at radius 3 is 2.67 bits per heavy atom. The van der Waals surface area contributed by atoms with Crippen molar-refractivity contribution in [2.24, 2.45) is 5.92 Å². The molecule has 0 radical (unpaired) electrons. The molecule has 1 atom stereocenters. The molecule has 0 bridgehead atoms. The minimum Gasteiger partial charge on any atom is -0.504 e. The Labute approximate surface area is 136 Å². The molecule has 1 amide bonds. The summed E-state index contributed by atoms with van der Waals surface area (Å²) in [7, 11) is 0. The van der Waals surface area contributed by atoms with Crippen LogP contribution >= 0.6 is 0 Å². The fraction of sp³-hybridized carbons (Fsp3) is 0.375. The Bertz CT molecular complexity index is 766. The molecule has 1 aromatic heterocycles. The second-order valence-corrected chi connectivity index (χ2v) is 5.92. The van der Waals surface area contributed by atoms with Crippen LogP contribution < -0.4 is 5.32 Å². The largest absolute Gasteiger partial charge is 0.504 e. The number of benzene rings is 1. The number of hydrogen-bond acceptors (Lipinski definition) is 3. The maximum Gasteiger partial charge on any atom is 0.418 e. The first-order valence-corrected chi connectivity index (χ1v) is 7.53. The van der Waals surface area contributed by atoms with E-state index in [1.165, 1.54) is 18.2 Å². The van der Waals surface area contributed by atoms with E-state index in [9.17, 15) is 23.1 Å². The first kappa shape index (κ1) is 16.4. The Morgan fingerprint density at radius 1 is 1.38 bits per heavy atom. The number of nitrogens with one attached hydrogen (secondary N) is 1. The highest BCUT2D eigenvalue weighted by Gasteiger charge is 2.34. The number of hydrogen-bond donors (Lipinski definition) is 2. The van der Waals surface area contributed by atoms with E-state index in [4.69, 9.17) is 0 Å². The fourth-order valence-electron chi connectivity index (χ4n) is 2.55. The smallest absolute Gasteiger partial charge is 0.418 e. The molecule has 1 aliphatic carbocycles. The van der Waals surface area contributed by atoms with Crippen molar-refractivity contribution in [2.45, 2.75) is 32.0 Å². The molecule has 3 rings (SSSR count). The molecule has 0 spiro atoms. The zero-order valence-electron chi connectivity index (χ0n) is 12.8. The molecule has 2 aromatic rings. The Hall–Kier alpha value is -2.51. The van der Waals surface area contributed by atoms with Crippen LogP contribution in [-0.2, 0) is 6.18 Å². The standard InChI is InChI=1S/C16H16F3N3O2/c1-9(10-6-7-10)20-15(24)14-13(23)8-22(21-14)12-5-3-2-4-11(12)16(17,18)19/h2-5,8-10,23H,6-7H2,1H3,(H,20,24)/t9-/m0/s1. The van der Waals surface area contributed by atoms with E-state index in [0.29, 0.717) is 5.92 Å². The maximum atomic E-state index is 13.1. The third-order valence-corrected chi connectivity index (χ3v) is 4.05. The molecule has 0 unspecified atom stereocenters. The molecule has 1 saturated carbocycles. The van der Waals surface area contributed by atoms with Crippen molar-refractivity contribution < 1.29 is 23.1 Å². The number of alkyl halides is 3. The summed E-state index contributed by atoms with van der Waals surface area (Å²) in [6, 6.07) is 4.77. The topological polar surface area (TPSA) is 67.2 Å². The van der Waals surface area contributed by atoms with Gasteiger partial charge in [0.15, 0.2) is 11.4 Å². The SMILES string of the molecule is C[C@H](NC(=O)c1nn(-c2ccccc2C(F)(F)F)cc1O)C1CC1. The fourth-order valence-corrected chi connectivity index (χ4v) is 2.55. The third kappa shape index (κ3) is 3.22. The molecule has 1 aromatic carbocycles. The molecule has 24 heavy (non-hydrogen) atoms. The first-order chi connectivity index (χ1) is 11.3. The van der Waals surface area contributed by atoms with Crippen LogP contribution in [0.4, 0.5) is 13.2 Å². The number of para-hydroxylation sites is 1. The van der Waals surface area contributed by atoms with Gasteiger partial charge in [-0.3, -0.25) is 4.79 Å². The van der Waals surface area contributed by atoms with Gasteiger partial charge in [-0.25, -0.2) is 4.68 Å². The highest BCUT2D eigenvalue weighted by molar-refractivity contribution is 5.95. The van der Waals surface area contributed by atoms with Gasteiger partial charge in [-0.05, 0) is 37.8 Å². The summed E-state index contributed by atoms with van der Waals surface area (Å²) in [6.07, 6.45) is -1.51. The van der Waals surface area contributed by atoms with Gasteiger partial charge in [-0.1, -0.05) is 12.1 Å². The molecule has 128 valence electrons. The second-order valence-electron chi connectivity index (χ2n) is 5.92. The van der Waals surface area contributed by atoms with Gasteiger partial charge in [-0.15, -0.1) is 0 Å². The molecule has 1 heterocycles. The van der Waals surface area contributed by atoms with Crippen molar-refractivity contribution in [3.8, 4) is 11.4 Å². The van der Waals surface area contributed by atoms with Gasteiger partial charge in [0.1, 0.15) is 0 Å². The lowest BCUT2D eigenvalue weighted by atomic mass is 10.2. The predicted molar refractivity (Wildman–Crippen MR) is 79.9 cm³/mol. The first-order valence-electron chi connectivity index (χ1n) is 7.53. The molecular weight excluding hydrogens is 323 g/mol. The van der Waals surface area contributed by atoms with E-state index in [1.807, 2.05) is 6.92 Å². The van der Waals surface area contributed by atoms with Gasteiger partial charge in [-0.2, -0.15) is 18.3 Å². The monoisotopic (exact) mass is 339 g/mol. The molecule has 5 nitrogen and oxygen atoms in total. The van der Waals surface area contributed by atoms with E-state index in [-0.39, 0.29) is 17.4 Å². The van der Waals surface area contributed by atoms with Gasteiger partial charge in [0, 0.05) is 6.04 Å². The van der Waals surface area contributed by atoms with Gasteiger partial charge in [0.25, 0.3) is 5.91 Å². The molecule has 0 aliphatic heterocycles. The van der Waals surface area contributed by atoms with E-state index in [1.54, 1.807) is 0 Å². The number of nitrogens with zero attached hydrogens (tertiary/aromatic N) is 2. The summed E-state index contributed by atoms with van der Waals surface area (Å²) >= 11 is 0. The second kappa shape index (κ2) is 5.85. The summed E-state index contributed by atoms with van der Waals surface area (Å²) < 4.78 is 40.1. The predicted octanol–water partition coefficient (Wildman–Crippen LogP) is 3.13. The van der Waals surface area contributed by atoms with Crippen molar-refractivity contribution in [3.05, 3.63) is 41.7 Å². The van der Waals surface area contributed by atoms with Crippen LogP contribution in [0, 0.1) is 5.92 Å². The lowest BCUT2D eigenvalue weighted by molar-refractivity contribution is -0.137. The van der Waals surface area contributed by atoms with E-state index >= 15 is 0 Å². The Kier molecular flexibility index (Phi) is 3.98. The lowest BCUT2D eigenvalue weighted by Crippen LogP contribution is -2.34. The van der Waals surface area contributed by atoms with Crippen LogP contribution in [0.2, 0.25) is 0 Å². The molecule has 2 N–H and O–H groups in total. The Morgan fingerprint density at radius 2 is 2.04 bits per heavy atom. The van der Waals surface area contributed by atoms with Crippen LogP contribution in [0.15, 0.2) is 30.5 Å². The minimum absolute atomic E-state index is 0.0653. The van der Waals surface area contributed by atoms with Crippen molar-refractivity contribution >= 4 is 5.91 Å². The van der Waals surface area contributed by atoms with Crippen LogP contribution in [0.1, 0.15) is 35.8 Å². The summed E-state index contributed by atoms with van der Waals surface area (Å²) in [5, 5.41) is 16.5. The van der Waals surface area contributed by atoms with E-state index in [0.717, 1.165) is 29.8 Å². The van der Waals surface area contributed by atoms with Crippen LogP contribution in [0.25, 0.3) is 5.69 Å². The van der Waals surface area contributed by atoms with E-state index in [2.05, 4.69) is 10.4 Å². The number of halogens is 3. The van der Waals surface area contributed by atoms with Crippen molar-refractivity contribution in [2.75, 3.05) is 0 Å². The van der Waals surface area contributed by atoms with Gasteiger partial charge >= 0.3 is 6.18 Å². The van der Waals surface area contributed by atoms with E-state index < -0.39 is 23.4 Å². The zero-order valence-corrected chi connectivity index (χ0v) is 12.8. The van der Waals surface area contributed by atoms with Crippen LogP contribution in [0.5, 0.6) is 5.75 Å². The van der Waals surface area contributed by atoms with Crippen LogP contribution in [-0.4, -0.2) is 26.8 Å². The number of carbonyl (C=O) groups excluding carboxylic acids is 1. The molecular formula is C16H16F3N3O2. The van der Waals surface area contributed by atoms with Gasteiger partial charge in [0.2, 0.25) is 0 Å². The minimum atomic E-state index is -4.57. The number of carbonyl (C=O) groups is 1. The summed E-state index contributed by atoms with van der Waals surface area (Å²) in [5.41, 5.74) is -1.44. The number of aromatic nitrogens is 2. The quantitative estimate of drug-likeness (QED) is 0.899. The molecule has 1 aliphatic rings. The summed E-state index contributed by atoms with van der Waals surface area (Å²) in [4.78, 5) is 12.2. The average molecular weight is 339 g/mol. The zero-order chi connectivity index (χ0) is 17.5. The lowest BCUT2D eigenvalue weighted by Gasteiger charge is -2.12. The maximum absolute atomic E-state index is 13.1. The number of amides is 1. The highest BCUT2D eigenvalue weighted by atomic mass is 19.4. The average Bonchev–Trinajstić information content (AvgIpc) is 3.29. The number of aromatic hydroxyl groups is 1. The summed E-state index contributed by atoms with van der Waals surface area (Å²) in [6.45, 7) is 1.85. The van der Waals surface area contributed by atoms with Crippen molar-refractivity contribution in [1.82, 2.24) is 15.1 Å². The highest BCUT2D eigenvalue weighted by Crippen LogP contribution is 2.34. The van der Waals surface area contributed by atoms with Crippen molar-refractivity contribution in [1.29, 1.82) is 0 Å². The summed E-state index contributed by atoms with van der Waals surface area (Å²) in [5.74, 6) is -0.660. The third-order valence-electron chi connectivity index (χ3n) is 4.05. The molecule has 0 saturated heterocycles. The number of rotatable bonds is 4. The molecule has 1 fully saturated rings. The molecule has 8 heteroatoms. The normalized spacial score (nSPS) is 16.0. The van der Waals surface area contributed by atoms with Crippen LogP contribution in [0.3, 0.4) is 0 Å². The van der Waals surface area contributed by atoms with Gasteiger partial charge in [0.05, 0.1) is 17.4 Å². The van der Waals surface area contributed by atoms with Gasteiger partial charge < -0.3 is 10.4 Å². The van der Waals surface area contributed by atoms with Crippen molar-refractivity contribution in [3.63, 3.8) is 0 Å².